The molecule has 0 aromatic heterocycles. The molecule has 0 spiro atoms. The van der Waals surface area contributed by atoms with Crippen molar-refractivity contribution in [1.82, 2.24) is 4.90 Å². The molecule has 1 aliphatic rings. The van der Waals surface area contributed by atoms with E-state index in [-0.39, 0.29) is 0 Å². The minimum Gasteiger partial charge on any atom is -0.306 e. The lowest BCUT2D eigenvalue weighted by molar-refractivity contribution is 0.337. The van der Waals surface area contributed by atoms with Gasteiger partial charge in [-0.05, 0) is 19.0 Å². The Bertz CT molecular complexity index is 111. The van der Waals surface area contributed by atoms with Crippen LogP contribution in [0.4, 0.5) is 0 Å². The van der Waals surface area contributed by atoms with Crippen molar-refractivity contribution in [3.63, 3.8) is 0 Å². The Hall–Kier alpha value is 0.0249. The summed E-state index contributed by atoms with van der Waals surface area (Å²) in [6, 6.07) is 0. The van der Waals surface area contributed by atoms with Gasteiger partial charge in [0.15, 0.2) is 0 Å². The molecule has 0 aromatic rings. The van der Waals surface area contributed by atoms with Crippen LogP contribution in [0.1, 0.15) is 13.8 Å². The quantitative estimate of drug-likeness (QED) is 0.423. The molecular weight excluding hydrogens is 109 g/mol. The van der Waals surface area contributed by atoms with Crippen molar-refractivity contribution in [2.75, 3.05) is 20.1 Å². The van der Waals surface area contributed by atoms with E-state index >= 15 is 0 Å². The van der Waals surface area contributed by atoms with Gasteiger partial charge < -0.3 is 4.90 Å². The molecule has 1 unspecified atom stereocenters. The van der Waals surface area contributed by atoms with Crippen molar-refractivity contribution in [1.29, 1.82) is 0 Å². The summed E-state index contributed by atoms with van der Waals surface area (Å²) in [5.41, 5.74) is 0.550. The molecule has 1 saturated heterocycles. The molecule has 1 aliphatic heterocycles. The monoisotopic (exact) mass is 125 g/mol. The topological polar surface area (TPSA) is 3.24 Å². The fraction of sp³-hybridized carbons (Fsp3) is 1.00. The zero-order chi connectivity index (χ0) is 7.07. The Morgan fingerprint density at radius 3 is 2.22 bits per heavy atom. The number of likely N-dealkylation sites (tertiary alicyclic amines) is 1. The first kappa shape index (κ1) is 7.14. The lowest BCUT2D eigenvalue weighted by Crippen LogP contribution is -2.19. The minimum atomic E-state index is 0.550. The van der Waals surface area contributed by atoms with Crippen LogP contribution in [0.2, 0.25) is 5.82 Å². The summed E-state index contributed by atoms with van der Waals surface area (Å²) < 4.78 is 0. The van der Waals surface area contributed by atoms with Gasteiger partial charge in [-0.2, -0.15) is 0 Å². The fourth-order valence-electron chi connectivity index (χ4n) is 1.63. The predicted molar refractivity (Wildman–Crippen MR) is 43.6 cm³/mol. The second kappa shape index (κ2) is 2.01. The molecule has 1 rings (SSSR count). The fourth-order valence-corrected chi connectivity index (χ4v) is 1.63. The summed E-state index contributed by atoms with van der Waals surface area (Å²) in [5.74, 6) is 0.863. The van der Waals surface area contributed by atoms with Gasteiger partial charge in [0.05, 0.1) is 0 Å². The average Bonchev–Trinajstić information content (AvgIpc) is 1.79. The third-order valence-electron chi connectivity index (χ3n) is 2.60. The zero-order valence-corrected chi connectivity index (χ0v) is 6.94. The number of hydrogen-bond donors (Lipinski definition) is 0. The Balaban J connectivity index is 2.58. The highest BCUT2D eigenvalue weighted by molar-refractivity contribution is 6.12. The first-order valence-corrected chi connectivity index (χ1v) is 3.71. The summed E-state index contributed by atoms with van der Waals surface area (Å²) in [4.78, 5) is 2.41. The van der Waals surface area contributed by atoms with E-state index in [1.54, 1.807) is 0 Å². The van der Waals surface area contributed by atoms with Crippen LogP contribution in [0.5, 0.6) is 0 Å². The van der Waals surface area contributed by atoms with E-state index in [0.717, 1.165) is 5.82 Å². The standard InChI is InChI=1S/C7H16BN/c1-7(2)5-9(3)4-6(7)8/h6H,4-5,8H2,1-3H3. The highest BCUT2D eigenvalue weighted by atomic mass is 15.1. The minimum absolute atomic E-state index is 0.550. The van der Waals surface area contributed by atoms with Crippen molar-refractivity contribution in [3.8, 4) is 0 Å². The van der Waals surface area contributed by atoms with Gasteiger partial charge in [0.1, 0.15) is 7.85 Å². The number of rotatable bonds is 0. The van der Waals surface area contributed by atoms with Gasteiger partial charge in [-0.1, -0.05) is 19.7 Å². The molecule has 1 heterocycles. The van der Waals surface area contributed by atoms with Crippen molar-refractivity contribution in [2.45, 2.75) is 19.7 Å². The predicted octanol–water partition coefficient (Wildman–Crippen LogP) is 0.380. The Morgan fingerprint density at radius 2 is 2.11 bits per heavy atom. The second-order valence-corrected chi connectivity index (χ2v) is 4.09. The molecule has 1 fully saturated rings. The average molecular weight is 125 g/mol. The first-order valence-electron chi connectivity index (χ1n) is 3.71. The van der Waals surface area contributed by atoms with E-state index in [0.29, 0.717) is 5.41 Å². The van der Waals surface area contributed by atoms with Gasteiger partial charge in [0.2, 0.25) is 0 Å². The van der Waals surface area contributed by atoms with Gasteiger partial charge in [-0.25, -0.2) is 0 Å². The van der Waals surface area contributed by atoms with Gasteiger partial charge in [0.25, 0.3) is 0 Å². The molecule has 2 heteroatoms. The third kappa shape index (κ3) is 1.29. The first-order chi connectivity index (χ1) is 4.02. The summed E-state index contributed by atoms with van der Waals surface area (Å²) in [6.07, 6.45) is 0. The van der Waals surface area contributed by atoms with Crippen LogP contribution in [0, 0.1) is 5.41 Å². The van der Waals surface area contributed by atoms with Crippen LogP contribution in [0.25, 0.3) is 0 Å². The highest BCUT2D eigenvalue weighted by Crippen LogP contribution is 2.36. The lowest BCUT2D eigenvalue weighted by Gasteiger charge is -2.21. The molecule has 1 nitrogen and oxygen atoms in total. The van der Waals surface area contributed by atoms with Crippen LogP contribution in [0.15, 0.2) is 0 Å². The van der Waals surface area contributed by atoms with Crippen molar-refractivity contribution >= 4 is 7.85 Å². The highest BCUT2D eigenvalue weighted by Gasteiger charge is 2.33. The van der Waals surface area contributed by atoms with Crippen LogP contribution in [-0.4, -0.2) is 32.9 Å². The maximum Gasteiger partial charge on any atom is 0.107 e. The van der Waals surface area contributed by atoms with E-state index < -0.39 is 0 Å². The van der Waals surface area contributed by atoms with E-state index in [1.807, 2.05) is 0 Å². The molecule has 0 aromatic carbocycles. The Labute approximate surface area is 58.8 Å². The molecule has 0 radical (unpaired) electrons. The normalized spacial score (nSPS) is 35.2. The number of hydrogen-bond acceptors (Lipinski definition) is 1. The molecule has 1 atom stereocenters. The van der Waals surface area contributed by atoms with Gasteiger partial charge >= 0.3 is 0 Å². The summed E-state index contributed by atoms with van der Waals surface area (Å²) in [6.45, 7) is 7.23. The van der Waals surface area contributed by atoms with Gasteiger partial charge in [0, 0.05) is 6.54 Å². The lowest BCUT2D eigenvalue weighted by atomic mass is 9.70. The molecule has 0 bridgehead atoms. The molecule has 9 heavy (non-hydrogen) atoms. The zero-order valence-electron chi connectivity index (χ0n) is 6.94. The summed E-state index contributed by atoms with van der Waals surface area (Å²) in [5, 5.41) is 0. The van der Waals surface area contributed by atoms with E-state index in [1.165, 1.54) is 13.1 Å². The van der Waals surface area contributed by atoms with E-state index in [4.69, 9.17) is 0 Å². The van der Waals surface area contributed by atoms with Crippen molar-refractivity contribution < 1.29 is 0 Å². The maximum atomic E-state index is 2.41. The van der Waals surface area contributed by atoms with Crippen LogP contribution >= 0.6 is 0 Å². The molecular formula is C7H16BN. The Kier molecular flexibility index (Phi) is 1.60. The van der Waals surface area contributed by atoms with E-state index in [2.05, 4.69) is 33.6 Å². The van der Waals surface area contributed by atoms with Crippen molar-refractivity contribution in [2.24, 2.45) is 5.41 Å². The summed E-state index contributed by atoms with van der Waals surface area (Å²) >= 11 is 0. The molecule has 52 valence electrons. The molecule has 0 aliphatic carbocycles. The largest absolute Gasteiger partial charge is 0.306 e. The van der Waals surface area contributed by atoms with Crippen LogP contribution < -0.4 is 0 Å². The SMILES string of the molecule is BC1CN(C)CC1(C)C. The van der Waals surface area contributed by atoms with Crippen molar-refractivity contribution in [3.05, 3.63) is 0 Å². The smallest absolute Gasteiger partial charge is 0.107 e. The Morgan fingerprint density at radius 1 is 1.56 bits per heavy atom. The van der Waals surface area contributed by atoms with Gasteiger partial charge in [-0.15, -0.1) is 0 Å². The van der Waals surface area contributed by atoms with Crippen LogP contribution in [0.3, 0.4) is 0 Å². The molecule has 0 amide bonds. The van der Waals surface area contributed by atoms with E-state index in [9.17, 15) is 0 Å². The van der Waals surface area contributed by atoms with Gasteiger partial charge in [-0.3, -0.25) is 0 Å². The molecule has 0 saturated carbocycles. The second-order valence-electron chi connectivity index (χ2n) is 4.09. The maximum absolute atomic E-state index is 2.41. The number of nitrogens with zero attached hydrogens (tertiary/aromatic N) is 1. The summed E-state index contributed by atoms with van der Waals surface area (Å²) in [7, 11) is 4.54. The molecule has 0 N–H and O–H groups in total. The third-order valence-corrected chi connectivity index (χ3v) is 2.60. The van der Waals surface area contributed by atoms with Crippen LogP contribution in [-0.2, 0) is 0 Å².